The lowest BCUT2D eigenvalue weighted by Crippen LogP contribution is -2.68. The highest BCUT2D eigenvalue weighted by Gasteiger charge is 2.55. The first-order valence-corrected chi connectivity index (χ1v) is 52.8. The fraction of sp³-hybridized carbons (Fsp3) is 0.414. The number of benzene rings is 10. The molecular weight excluding hydrogens is 1750 g/mol. The van der Waals surface area contributed by atoms with E-state index < -0.39 is 30.1 Å². The van der Waals surface area contributed by atoms with Crippen LogP contribution in [-0.2, 0) is 39.5 Å². The number of hydrogen-bond acceptors (Lipinski definition) is 16. The Morgan fingerprint density at radius 1 is 0.370 bits per heavy atom. The van der Waals surface area contributed by atoms with Crippen molar-refractivity contribution in [1.82, 2.24) is 42.7 Å². The van der Waals surface area contributed by atoms with Crippen LogP contribution < -0.4 is 10.1 Å². The van der Waals surface area contributed by atoms with Gasteiger partial charge in [0.05, 0.1) is 48.2 Å². The van der Waals surface area contributed by atoms with E-state index in [1.807, 2.05) is 106 Å². The van der Waals surface area contributed by atoms with Crippen LogP contribution in [0.25, 0.3) is 34.4 Å². The summed E-state index contributed by atoms with van der Waals surface area (Å²) in [7, 11) is -5.56. The van der Waals surface area contributed by atoms with E-state index in [0.29, 0.717) is 84.6 Å². The van der Waals surface area contributed by atoms with Crippen molar-refractivity contribution in [1.29, 1.82) is 0 Å². The number of hydrogen-bond donors (Lipinski definition) is 3. The monoisotopic (exact) mass is 1880 g/mol. The number of methoxy groups -OCH3 is 3. The minimum atomic E-state index is -3.61. The summed E-state index contributed by atoms with van der Waals surface area (Å²) >= 11 is 0. The second-order valence-corrected chi connectivity index (χ2v) is 43.5. The third kappa shape index (κ3) is 22.2. The lowest BCUT2D eigenvalue weighted by atomic mass is 9.74. The number of rotatable bonds is 22. The fourth-order valence-corrected chi connectivity index (χ4v) is 27.6. The fourth-order valence-electron chi connectivity index (χ4n) is 22.5. The first-order valence-electron chi connectivity index (χ1n) is 48.5. The van der Waals surface area contributed by atoms with Crippen LogP contribution >= 0.6 is 0 Å². The maximum absolute atomic E-state index is 13.7. The van der Waals surface area contributed by atoms with Crippen molar-refractivity contribution in [3.63, 3.8) is 0 Å². The summed E-state index contributed by atoms with van der Waals surface area (Å²) in [5.74, 6) is 1.61. The molecule has 3 N–H and O–H groups in total. The second-order valence-electron chi connectivity index (χ2n) is 37.8. The van der Waals surface area contributed by atoms with Crippen LogP contribution in [-0.4, -0.2) is 260 Å². The molecule has 1 aliphatic carbocycles. The van der Waals surface area contributed by atoms with Crippen LogP contribution in [0.15, 0.2) is 282 Å². The van der Waals surface area contributed by atoms with Gasteiger partial charge < -0.3 is 34.6 Å². The molecule has 24 heteroatoms. The lowest BCUT2D eigenvalue weighted by Gasteiger charge is -2.57. The van der Waals surface area contributed by atoms with Gasteiger partial charge in [0.25, 0.3) is 0 Å². The van der Waals surface area contributed by atoms with E-state index in [4.69, 9.17) is 14.2 Å². The van der Waals surface area contributed by atoms with Crippen LogP contribution in [0, 0.1) is 27.7 Å². The molecule has 7 saturated heterocycles. The summed E-state index contributed by atoms with van der Waals surface area (Å²) in [5, 5.41) is 23.6. The van der Waals surface area contributed by atoms with Crippen molar-refractivity contribution in [2.45, 2.75) is 185 Å². The number of ether oxygens (including phenoxy) is 3. The number of aliphatic hydroxyl groups excluding tert-OH is 2. The summed E-state index contributed by atoms with van der Waals surface area (Å²) in [6.45, 7) is 17.3. The lowest BCUT2D eigenvalue weighted by molar-refractivity contribution is -0.0668. The van der Waals surface area contributed by atoms with E-state index in [1.54, 1.807) is 70.6 Å². The van der Waals surface area contributed by atoms with Gasteiger partial charge in [-0.05, 0) is 201 Å². The van der Waals surface area contributed by atoms with Crippen molar-refractivity contribution in [3.05, 3.63) is 323 Å². The molecule has 0 radical (unpaired) electrons. The predicted molar refractivity (Wildman–Crippen MR) is 538 cm³/mol. The van der Waals surface area contributed by atoms with Gasteiger partial charge in [-0.1, -0.05) is 267 Å². The van der Waals surface area contributed by atoms with Crippen molar-refractivity contribution in [2.24, 2.45) is 0 Å². The van der Waals surface area contributed by atoms with Gasteiger partial charge in [0.15, 0.2) is 0 Å². The van der Waals surface area contributed by atoms with Gasteiger partial charge in [0.1, 0.15) is 5.75 Å². The predicted octanol–water partition coefficient (Wildman–Crippen LogP) is 17.3. The zero-order valence-corrected chi connectivity index (χ0v) is 81.7. The number of carbonyl (C=O) groups excluding carboxylic acids is 1. The number of carbonyl (C=O) groups is 1. The van der Waals surface area contributed by atoms with E-state index >= 15 is 0 Å². The maximum Gasteiger partial charge on any atom is 0.317 e. The molecule has 1 saturated carbocycles. The molecule has 10 aromatic carbocycles. The van der Waals surface area contributed by atoms with Gasteiger partial charge >= 0.3 is 6.03 Å². The molecule has 21 nitrogen and oxygen atoms in total. The molecule has 0 spiro atoms. The Morgan fingerprint density at radius 2 is 0.756 bits per heavy atom. The quantitative estimate of drug-likeness (QED) is 0.0424. The standard InChI is InChI=1S/C30H39N3O2.C30H34N2O3S.C29H34N2O4S.C22H28N2O3S/c1-35-22-28-29(25-17-15-24(16-18-25)14-13-23-9-3-2-4-10-23)27-21-32(19-7-8-20-33(27)28)30(34)31-26-11-5-6-12-26;1-22-9-8-11-26(19-22)24-13-15-25(16-14-24)30-27-20-31(17-6-7-18-32(27)28(30)21-35-3)36(33,34)29-12-5-4-10-23(29)2;1-21-8-3-4-11-28(21)36(33,34)30-16-5-6-17-31-26(19-30)29(27(31)20-32)23-14-12-22(13-15-23)24-9-7-10-25(18-24)35-2;1-17-9-5-6-12-21(17)28(26,27)23-13-7-8-14-24-19(15-23)22(20(24)16-25)18-10-3-2-4-11-18/h2-4,9-10,13-18,26-29H,5-8,11-12,19-22H2,1H3,(H,31,34);4-16,19,27-28,30H,17-18,20-21H2,1-3H3;3-4,7-15,18,26-27,29,32H,5-6,16-17,19-20H2,1-2H3;2-6,9-12,19-20,22,25H,7-8,13-16H2,1H3/b14-13+;7-6-;;/t27-,28-,29+;27?,28-,30+;26?,27-,29+;19?,20-,22+/m0111/s1. The van der Waals surface area contributed by atoms with E-state index in [1.165, 1.54) is 57.3 Å². The highest BCUT2D eigenvalue weighted by atomic mass is 32.2. The zero-order valence-electron chi connectivity index (χ0n) is 79.2. The van der Waals surface area contributed by atoms with E-state index in [0.717, 1.165) is 136 Å². The van der Waals surface area contributed by atoms with E-state index in [-0.39, 0.29) is 73.2 Å². The summed E-state index contributed by atoms with van der Waals surface area (Å²) in [5.41, 5.74) is 15.4. The first kappa shape index (κ1) is 98.2. The Hall–Kier alpha value is -9.84. The summed E-state index contributed by atoms with van der Waals surface area (Å²) < 4.78 is 103. The number of fused-ring (bicyclic) bond motifs is 4. The number of nitrogens with zero attached hydrogens (tertiary/aromatic N) is 8. The molecule has 8 fully saturated rings. The minimum Gasteiger partial charge on any atom is -0.497 e. The zero-order chi connectivity index (χ0) is 94.3. The maximum atomic E-state index is 13.7. The SMILES string of the molecule is COC[C@@H]1[C@@H](c2ccc(-c3cccc(C)c3)cc2)C2CN(S(=O)(=O)c3ccccc3C)C/C=C\CN21.COC[C@H]1[C@H](c2ccc(/C=C/c3ccccc3)cc2)[C@@H]2CN(C(=O)NC3CCCC3)CCCCN12.COc1cccc(-c2ccc([C@H]3C4CN(S(=O)(=O)c5ccccc5C)CCCCN4[C@@H]3CO)cc2)c1.Cc1ccccc1S(=O)(=O)N1CCCCN2C(C1)[C@H](c1ccccc1)[C@H]2CO. The average Bonchev–Trinajstić information content (AvgIpc) is 1.24. The third-order valence-electron chi connectivity index (χ3n) is 29.6. The molecule has 10 aromatic rings. The number of aryl methyl sites for hydroxylation is 4. The summed E-state index contributed by atoms with van der Waals surface area (Å²) in [6, 6.07) is 86.6. The molecule has 0 aromatic heterocycles. The number of sulfonamides is 3. The smallest absolute Gasteiger partial charge is 0.317 e. The number of amides is 2. The molecule has 135 heavy (non-hydrogen) atoms. The molecule has 9 aliphatic rings. The third-order valence-corrected chi connectivity index (χ3v) is 35.7. The minimum absolute atomic E-state index is 0.00113. The molecule has 8 aliphatic heterocycles. The molecule has 8 heterocycles. The topological polar surface area (TPSA) is 226 Å². The van der Waals surface area contributed by atoms with Gasteiger partial charge in [-0.25, -0.2) is 30.0 Å². The van der Waals surface area contributed by atoms with Gasteiger partial charge in [0.2, 0.25) is 30.1 Å². The molecule has 12 atom stereocenters. The molecule has 714 valence electrons. The van der Waals surface area contributed by atoms with Gasteiger partial charge in [-0.15, -0.1) is 0 Å². The van der Waals surface area contributed by atoms with E-state index in [2.05, 4.69) is 194 Å². The Labute approximate surface area is 801 Å². The average molecular weight is 1880 g/mol. The van der Waals surface area contributed by atoms with Crippen LogP contribution in [0.4, 0.5) is 4.79 Å². The number of urea groups is 1. The first-order chi connectivity index (χ1) is 65.6. The van der Waals surface area contributed by atoms with Crippen molar-refractivity contribution < 1.29 is 54.5 Å². The second kappa shape index (κ2) is 45.2. The normalized spacial score (nSPS) is 24.7. The van der Waals surface area contributed by atoms with Gasteiger partial charge in [-0.3, -0.25) is 19.6 Å². The molecule has 0 bridgehead atoms. The van der Waals surface area contributed by atoms with Crippen molar-refractivity contribution in [3.8, 4) is 28.0 Å². The van der Waals surface area contributed by atoms with Crippen molar-refractivity contribution >= 4 is 48.3 Å². The highest BCUT2D eigenvalue weighted by Crippen LogP contribution is 2.48. The summed E-state index contributed by atoms with van der Waals surface area (Å²) in [4.78, 5) is 26.0. The molecular formula is C111H135N9O12S3. The molecule has 2 amide bonds. The van der Waals surface area contributed by atoms with Crippen LogP contribution in [0.2, 0.25) is 0 Å². The van der Waals surface area contributed by atoms with Crippen LogP contribution in [0.3, 0.4) is 0 Å². The van der Waals surface area contributed by atoms with Gasteiger partial charge in [-0.2, -0.15) is 12.9 Å². The molecule has 3 unspecified atom stereocenters. The van der Waals surface area contributed by atoms with Crippen LogP contribution in [0.1, 0.15) is 144 Å². The van der Waals surface area contributed by atoms with E-state index in [9.17, 15) is 40.3 Å². The number of nitrogens with one attached hydrogen (secondary N) is 1. The largest absolute Gasteiger partial charge is 0.497 e. The Bertz CT molecular complexity index is 6010. The Kier molecular flexibility index (Phi) is 32.9. The van der Waals surface area contributed by atoms with Crippen LogP contribution in [0.5, 0.6) is 5.75 Å². The Morgan fingerprint density at radius 3 is 1.24 bits per heavy atom. The number of aliphatic hydroxyl groups is 2. The summed E-state index contributed by atoms with van der Waals surface area (Å²) in [6.07, 6.45) is 18.8. The highest BCUT2D eigenvalue weighted by molar-refractivity contribution is 7.89. The Balaban J connectivity index is 0.000000131. The van der Waals surface area contributed by atoms with Gasteiger partial charge in [0, 0.05) is 151 Å². The van der Waals surface area contributed by atoms with Crippen molar-refractivity contribution in [2.75, 3.05) is 126 Å². The molecule has 19 rings (SSSR count).